The Morgan fingerprint density at radius 1 is 0.889 bits per heavy atom. The second kappa shape index (κ2) is 11.0. The van der Waals surface area contributed by atoms with E-state index >= 15 is 0 Å². The molecule has 2 aliphatic heterocycles. The largest absolute Gasteiger partial charge is 0.346 e. The summed E-state index contributed by atoms with van der Waals surface area (Å²) in [6.45, 7) is 2.65. The first-order chi connectivity index (χ1) is 17.6. The molecule has 186 valence electrons. The second-order valence-electron chi connectivity index (χ2n) is 9.90. The van der Waals surface area contributed by atoms with E-state index in [0.717, 1.165) is 31.4 Å². The van der Waals surface area contributed by atoms with Crippen LogP contribution in [0.4, 0.5) is 4.79 Å². The molecule has 0 aromatic heterocycles. The number of amides is 3. The lowest BCUT2D eigenvalue weighted by Gasteiger charge is -2.45. The lowest BCUT2D eigenvalue weighted by atomic mass is 9.75. The molecule has 3 N–H and O–H groups in total. The summed E-state index contributed by atoms with van der Waals surface area (Å²) in [5.74, 6) is 0.0685. The van der Waals surface area contributed by atoms with Crippen LogP contribution in [0.1, 0.15) is 35.1 Å². The van der Waals surface area contributed by atoms with Gasteiger partial charge in [-0.3, -0.25) is 4.79 Å². The standard InChI is InChI=1S/C30H34N4O2/c35-28-20-25-13-7-8-14-27(25)30(33-28)15-17-34(18-16-30)29(36)32-26(19-23-9-3-1-4-10-23)22-31-21-24-11-5-2-6-12-24/h1-14,26,31H,15-22H2,(H,32,36)(H,33,35)/t26-/m0/s1. The summed E-state index contributed by atoms with van der Waals surface area (Å²) >= 11 is 0. The van der Waals surface area contributed by atoms with Crippen LogP contribution in [0.3, 0.4) is 0 Å². The first kappa shape index (κ1) is 24.1. The van der Waals surface area contributed by atoms with E-state index in [1.54, 1.807) is 0 Å². The lowest BCUT2D eigenvalue weighted by Crippen LogP contribution is -2.58. The average molecular weight is 483 g/mol. The van der Waals surface area contributed by atoms with Crippen molar-refractivity contribution in [2.45, 2.75) is 43.8 Å². The molecule has 0 saturated carbocycles. The number of urea groups is 1. The van der Waals surface area contributed by atoms with Crippen molar-refractivity contribution in [1.29, 1.82) is 0 Å². The summed E-state index contributed by atoms with van der Waals surface area (Å²) in [7, 11) is 0. The number of nitrogens with one attached hydrogen (secondary N) is 3. The van der Waals surface area contributed by atoms with Gasteiger partial charge in [-0.05, 0) is 41.5 Å². The molecular formula is C30H34N4O2. The molecule has 1 fully saturated rings. The van der Waals surface area contributed by atoms with Gasteiger partial charge in [-0.1, -0.05) is 84.9 Å². The summed E-state index contributed by atoms with van der Waals surface area (Å²) in [5, 5.41) is 10.0. The van der Waals surface area contributed by atoms with E-state index in [1.165, 1.54) is 16.7 Å². The van der Waals surface area contributed by atoms with Gasteiger partial charge in [0.2, 0.25) is 5.91 Å². The Bertz CT molecular complexity index is 1170. The molecule has 5 rings (SSSR count). The third-order valence-corrected chi connectivity index (χ3v) is 7.38. The number of likely N-dealkylation sites (tertiary alicyclic amines) is 1. The van der Waals surface area contributed by atoms with E-state index in [0.29, 0.717) is 26.1 Å². The Morgan fingerprint density at radius 3 is 2.25 bits per heavy atom. The minimum Gasteiger partial charge on any atom is -0.346 e. The fourth-order valence-electron chi connectivity index (χ4n) is 5.50. The van der Waals surface area contributed by atoms with Crippen LogP contribution in [-0.4, -0.2) is 42.5 Å². The monoisotopic (exact) mass is 482 g/mol. The highest BCUT2D eigenvalue weighted by atomic mass is 16.2. The predicted octanol–water partition coefficient (Wildman–Crippen LogP) is 3.76. The number of benzene rings is 3. The average Bonchev–Trinajstić information content (AvgIpc) is 2.90. The molecule has 0 radical (unpaired) electrons. The normalized spacial score (nSPS) is 17.2. The van der Waals surface area contributed by atoms with E-state index < -0.39 is 0 Å². The van der Waals surface area contributed by atoms with Crippen molar-refractivity contribution >= 4 is 11.9 Å². The van der Waals surface area contributed by atoms with Crippen molar-refractivity contribution in [3.63, 3.8) is 0 Å². The van der Waals surface area contributed by atoms with E-state index in [2.05, 4.69) is 46.3 Å². The number of carbonyl (C=O) groups is 2. The van der Waals surface area contributed by atoms with Gasteiger partial charge in [-0.2, -0.15) is 0 Å². The summed E-state index contributed by atoms with van der Waals surface area (Å²) in [6, 6.07) is 28.7. The highest BCUT2D eigenvalue weighted by Crippen LogP contribution is 2.37. The number of rotatable bonds is 7. The van der Waals surface area contributed by atoms with Crippen molar-refractivity contribution in [2.24, 2.45) is 0 Å². The number of hydrogen-bond acceptors (Lipinski definition) is 3. The van der Waals surface area contributed by atoms with Gasteiger partial charge in [0.15, 0.2) is 0 Å². The third kappa shape index (κ3) is 5.60. The van der Waals surface area contributed by atoms with Crippen molar-refractivity contribution < 1.29 is 9.59 Å². The molecule has 6 heteroatoms. The van der Waals surface area contributed by atoms with Crippen LogP contribution >= 0.6 is 0 Å². The predicted molar refractivity (Wildman–Crippen MR) is 141 cm³/mol. The molecule has 6 nitrogen and oxygen atoms in total. The Labute approximate surface area is 213 Å². The van der Waals surface area contributed by atoms with Gasteiger partial charge in [0, 0.05) is 32.2 Å². The fourth-order valence-corrected chi connectivity index (χ4v) is 5.50. The van der Waals surface area contributed by atoms with Crippen LogP contribution in [0.2, 0.25) is 0 Å². The highest BCUT2D eigenvalue weighted by molar-refractivity contribution is 5.82. The van der Waals surface area contributed by atoms with Gasteiger partial charge >= 0.3 is 6.03 Å². The number of nitrogens with zero attached hydrogens (tertiary/aromatic N) is 1. The van der Waals surface area contributed by atoms with E-state index in [9.17, 15) is 9.59 Å². The summed E-state index contributed by atoms with van der Waals surface area (Å²) in [4.78, 5) is 27.6. The second-order valence-corrected chi connectivity index (χ2v) is 9.90. The van der Waals surface area contributed by atoms with Crippen molar-refractivity contribution in [2.75, 3.05) is 19.6 Å². The molecule has 2 aliphatic rings. The molecular weight excluding hydrogens is 448 g/mol. The first-order valence-electron chi connectivity index (χ1n) is 12.8. The van der Waals surface area contributed by atoms with Gasteiger partial charge in [0.25, 0.3) is 0 Å². The third-order valence-electron chi connectivity index (χ3n) is 7.38. The van der Waals surface area contributed by atoms with Crippen molar-refractivity contribution in [3.05, 3.63) is 107 Å². The molecule has 1 atom stereocenters. The maximum atomic E-state index is 13.3. The Kier molecular flexibility index (Phi) is 7.33. The van der Waals surface area contributed by atoms with E-state index in [-0.39, 0.29) is 23.5 Å². The molecule has 36 heavy (non-hydrogen) atoms. The van der Waals surface area contributed by atoms with Crippen LogP contribution < -0.4 is 16.0 Å². The van der Waals surface area contributed by atoms with Gasteiger partial charge < -0.3 is 20.9 Å². The number of hydrogen-bond donors (Lipinski definition) is 3. The molecule has 1 saturated heterocycles. The molecule has 1 spiro atoms. The molecule has 2 heterocycles. The summed E-state index contributed by atoms with van der Waals surface area (Å²) in [5.41, 5.74) is 4.36. The minimum atomic E-state index is -0.372. The summed E-state index contributed by atoms with van der Waals surface area (Å²) < 4.78 is 0. The van der Waals surface area contributed by atoms with Gasteiger partial charge in [-0.15, -0.1) is 0 Å². The minimum absolute atomic E-state index is 0.0328. The van der Waals surface area contributed by atoms with Crippen LogP contribution in [0.15, 0.2) is 84.9 Å². The number of piperidine rings is 1. The maximum absolute atomic E-state index is 13.3. The van der Waals surface area contributed by atoms with Crippen LogP contribution in [0.25, 0.3) is 0 Å². The zero-order valence-corrected chi connectivity index (χ0v) is 20.6. The van der Waals surface area contributed by atoms with Gasteiger partial charge in [0.05, 0.1) is 12.0 Å². The van der Waals surface area contributed by atoms with Crippen LogP contribution in [-0.2, 0) is 29.7 Å². The summed E-state index contributed by atoms with van der Waals surface area (Å²) in [6.07, 6.45) is 2.63. The van der Waals surface area contributed by atoms with Gasteiger partial charge in [0.1, 0.15) is 0 Å². The van der Waals surface area contributed by atoms with Crippen molar-refractivity contribution in [1.82, 2.24) is 20.9 Å². The van der Waals surface area contributed by atoms with Crippen molar-refractivity contribution in [3.8, 4) is 0 Å². The molecule has 0 bridgehead atoms. The topological polar surface area (TPSA) is 73.5 Å². The molecule has 0 aliphatic carbocycles. The number of fused-ring (bicyclic) bond motifs is 2. The molecule has 0 unspecified atom stereocenters. The lowest BCUT2D eigenvalue weighted by molar-refractivity contribution is -0.124. The number of carbonyl (C=O) groups excluding carboxylic acids is 2. The zero-order valence-electron chi connectivity index (χ0n) is 20.6. The highest BCUT2D eigenvalue weighted by Gasteiger charge is 2.42. The fraction of sp³-hybridized carbons (Fsp3) is 0.333. The Hall–Kier alpha value is -3.64. The van der Waals surface area contributed by atoms with Gasteiger partial charge in [-0.25, -0.2) is 4.79 Å². The SMILES string of the molecule is O=C1Cc2ccccc2C2(CCN(C(=O)N[C@H](CNCc3ccccc3)Cc3ccccc3)CC2)N1. The first-order valence-corrected chi connectivity index (χ1v) is 12.8. The molecule has 3 aromatic carbocycles. The van der Waals surface area contributed by atoms with Crippen LogP contribution in [0, 0.1) is 0 Å². The van der Waals surface area contributed by atoms with Crippen LogP contribution in [0.5, 0.6) is 0 Å². The van der Waals surface area contributed by atoms with E-state index in [1.807, 2.05) is 59.5 Å². The molecule has 3 aromatic rings. The Morgan fingerprint density at radius 2 is 1.53 bits per heavy atom. The van der Waals surface area contributed by atoms with E-state index in [4.69, 9.17) is 0 Å². The maximum Gasteiger partial charge on any atom is 0.317 e. The quantitative estimate of drug-likeness (QED) is 0.480. The Balaban J connectivity index is 1.21. The molecule has 3 amide bonds. The smallest absolute Gasteiger partial charge is 0.317 e. The zero-order chi connectivity index (χ0) is 24.8.